The van der Waals surface area contributed by atoms with Gasteiger partial charge < -0.3 is 10.5 Å². The molecule has 96 valence electrons. The third-order valence-corrected chi connectivity index (χ3v) is 2.86. The second-order valence-corrected chi connectivity index (χ2v) is 5.11. The SMILES string of the molecule is CC(C)CCOc1ccc(Cl)cc1CCCN. The molecule has 0 radical (unpaired) electrons. The summed E-state index contributed by atoms with van der Waals surface area (Å²) in [6.45, 7) is 5.84. The van der Waals surface area contributed by atoms with Gasteiger partial charge in [0, 0.05) is 5.02 Å². The molecule has 1 rings (SSSR count). The summed E-state index contributed by atoms with van der Waals surface area (Å²) >= 11 is 5.99. The Morgan fingerprint density at radius 2 is 2.12 bits per heavy atom. The standard InChI is InChI=1S/C14H22ClNO/c1-11(2)7-9-17-14-6-5-13(15)10-12(14)4-3-8-16/h5-6,10-11H,3-4,7-9,16H2,1-2H3. The van der Waals surface area contributed by atoms with Crippen LogP contribution in [0.5, 0.6) is 5.75 Å². The number of aryl methyl sites for hydroxylation is 1. The van der Waals surface area contributed by atoms with E-state index in [0.717, 1.165) is 42.2 Å². The van der Waals surface area contributed by atoms with Gasteiger partial charge in [-0.3, -0.25) is 0 Å². The molecular formula is C14H22ClNO. The summed E-state index contributed by atoms with van der Waals surface area (Å²) in [5.41, 5.74) is 6.69. The largest absolute Gasteiger partial charge is 0.493 e. The van der Waals surface area contributed by atoms with Crippen molar-refractivity contribution in [3.8, 4) is 5.75 Å². The summed E-state index contributed by atoms with van der Waals surface area (Å²) in [6, 6.07) is 5.80. The molecule has 17 heavy (non-hydrogen) atoms. The number of hydrogen-bond acceptors (Lipinski definition) is 2. The second kappa shape index (κ2) is 7.57. The first kappa shape index (κ1) is 14.3. The van der Waals surface area contributed by atoms with Crippen LogP contribution in [0.4, 0.5) is 0 Å². The molecule has 0 saturated carbocycles. The van der Waals surface area contributed by atoms with Crippen LogP contribution in [0.1, 0.15) is 32.3 Å². The minimum absolute atomic E-state index is 0.662. The van der Waals surface area contributed by atoms with Crippen molar-refractivity contribution in [2.45, 2.75) is 33.1 Å². The van der Waals surface area contributed by atoms with Crippen LogP contribution in [0.25, 0.3) is 0 Å². The molecule has 0 saturated heterocycles. The Morgan fingerprint density at radius 3 is 2.76 bits per heavy atom. The lowest BCUT2D eigenvalue weighted by Crippen LogP contribution is -2.05. The van der Waals surface area contributed by atoms with Gasteiger partial charge in [-0.25, -0.2) is 0 Å². The highest BCUT2D eigenvalue weighted by molar-refractivity contribution is 6.30. The van der Waals surface area contributed by atoms with Crippen LogP contribution >= 0.6 is 11.6 Å². The number of nitrogens with two attached hydrogens (primary N) is 1. The average molecular weight is 256 g/mol. The molecule has 0 fully saturated rings. The molecule has 0 amide bonds. The molecule has 0 aliphatic rings. The third kappa shape index (κ3) is 5.42. The van der Waals surface area contributed by atoms with E-state index in [2.05, 4.69) is 13.8 Å². The fraction of sp³-hybridized carbons (Fsp3) is 0.571. The zero-order valence-corrected chi connectivity index (χ0v) is 11.5. The summed E-state index contributed by atoms with van der Waals surface area (Å²) in [4.78, 5) is 0. The van der Waals surface area contributed by atoms with Crippen LogP contribution in [-0.2, 0) is 6.42 Å². The van der Waals surface area contributed by atoms with Crippen molar-refractivity contribution in [1.82, 2.24) is 0 Å². The Balaban J connectivity index is 2.62. The molecular weight excluding hydrogens is 234 g/mol. The van der Waals surface area contributed by atoms with Crippen LogP contribution in [0.15, 0.2) is 18.2 Å². The molecule has 0 aliphatic heterocycles. The maximum Gasteiger partial charge on any atom is 0.122 e. The number of hydrogen-bond donors (Lipinski definition) is 1. The average Bonchev–Trinajstić information content (AvgIpc) is 2.28. The summed E-state index contributed by atoms with van der Waals surface area (Å²) in [7, 11) is 0. The van der Waals surface area contributed by atoms with Crippen LogP contribution < -0.4 is 10.5 Å². The van der Waals surface area contributed by atoms with Gasteiger partial charge in [0.05, 0.1) is 6.61 Å². The highest BCUT2D eigenvalue weighted by Crippen LogP contribution is 2.24. The van der Waals surface area contributed by atoms with E-state index >= 15 is 0 Å². The lowest BCUT2D eigenvalue weighted by Gasteiger charge is -2.12. The van der Waals surface area contributed by atoms with Gasteiger partial charge in [0.15, 0.2) is 0 Å². The van der Waals surface area contributed by atoms with E-state index in [1.165, 1.54) is 0 Å². The first-order chi connectivity index (χ1) is 8.13. The van der Waals surface area contributed by atoms with E-state index in [-0.39, 0.29) is 0 Å². The molecule has 1 aromatic rings. The highest BCUT2D eigenvalue weighted by atomic mass is 35.5. The smallest absolute Gasteiger partial charge is 0.122 e. The van der Waals surface area contributed by atoms with Gasteiger partial charge in [-0.15, -0.1) is 0 Å². The normalized spacial score (nSPS) is 10.9. The van der Waals surface area contributed by atoms with Crippen molar-refractivity contribution in [2.24, 2.45) is 11.7 Å². The molecule has 0 atom stereocenters. The fourth-order valence-electron chi connectivity index (χ4n) is 1.58. The highest BCUT2D eigenvalue weighted by Gasteiger charge is 2.05. The van der Waals surface area contributed by atoms with E-state index in [4.69, 9.17) is 22.1 Å². The number of ether oxygens (including phenoxy) is 1. The molecule has 0 aromatic heterocycles. The van der Waals surface area contributed by atoms with Crippen molar-refractivity contribution < 1.29 is 4.74 Å². The molecule has 3 heteroatoms. The van der Waals surface area contributed by atoms with Gasteiger partial charge in [-0.05, 0) is 55.5 Å². The van der Waals surface area contributed by atoms with Gasteiger partial charge >= 0.3 is 0 Å². The van der Waals surface area contributed by atoms with Gasteiger partial charge in [-0.2, -0.15) is 0 Å². The third-order valence-electron chi connectivity index (χ3n) is 2.63. The van der Waals surface area contributed by atoms with E-state index < -0.39 is 0 Å². The van der Waals surface area contributed by atoms with Crippen molar-refractivity contribution in [3.05, 3.63) is 28.8 Å². The summed E-state index contributed by atoms with van der Waals surface area (Å²) < 4.78 is 5.80. The zero-order valence-electron chi connectivity index (χ0n) is 10.7. The molecule has 1 aromatic carbocycles. The molecule has 0 aliphatic carbocycles. The first-order valence-electron chi connectivity index (χ1n) is 6.24. The summed E-state index contributed by atoms with van der Waals surface area (Å²) in [6.07, 6.45) is 2.95. The molecule has 2 nitrogen and oxygen atoms in total. The van der Waals surface area contributed by atoms with Gasteiger partial charge in [0.2, 0.25) is 0 Å². The number of rotatable bonds is 7. The molecule has 0 spiro atoms. The monoisotopic (exact) mass is 255 g/mol. The van der Waals surface area contributed by atoms with E-state index in [0.29, 0.717) is 12.5 Å². The molecule has 0 unspecified atom stereocenters. The lowest BCUT2D eigenvalue weighted by molar-refractivity contribution is 0.287. The van der Waals surface area contributed by atoms with E-state index in [9.17, 15) is 0 Å². The van der Waals surface area contributed by atoms with Crippen molar-refractivity contribution >= 4 is 11.6 Å². The predicted molar refractivity (Wildman–Crippen MR) is 73.8 cm³/mol. The molecule has 2 N–H and O–H groups in total. The van der Waals surface area contributed by atoms with Crippen molar-refractivity contribution in [1.29, 1.82) is 0 Å². The predicted octanol–water partition coefficient (Wildman–Crippen LogP) is 3.66. The second-order valence-electron chi connectivity index (χ2n) is 4.68. The zero-order chi connectivity index (χ0) is 12.7. The van der Waals surface area contributed by atoms with E-state index in [1.54, 1.807) is 0 Å². The van der Waals surface area contributed by atoms with Crippen LogP contribution in [-0.4, -0.2) is 13.2 Å². The van der Waals surface area contributed by atoms with E-state index in [1.807, 2.05) is 18.2 Å². The topological polar surface area (TPSA) is 35.2 Å². The Labute approximate surface area is 109 Å². The van der Waals surface area contributed by atoms with Crippen LogP contribution in [0, 0.1) is 5.92 Å². The Hall–Kier alpha value is -0.730. The summed E-state index contributed by atoms with van der Waals surface area (Å²) in [5, 5.41) is 0.758. The molecule has 0 heterocycles. The van der Waals surface area contributed by atoms with Crippen LogP contribution in [0.3, 0.4) is 0 Å². The van der Waals surface area contributed by atoms with Gasteiger partial charge in [0.1, 0.15) is 5.75 Å². The van der Waals surface area contributed by atoms with Crippen molar-refractivity contribution in [3.63, 3.8) is 0 Å². The summed E-state index contributed by atoms with van der Waals surface area (Å²) in [5.74, 6) is 1.61. The van der Waals surface area contributed by atoms with Crippen LogP contribution in [0.2, 0.25) is 5.02 Å². The maximum absolute atomic E-state index is 5.99. The Bertz CT molecular complexity index is 339. The molecule has 0 bridgehead atoms. The maximum atomic E-state index is 5.99. The minimum atomic E-state index is 0.662. The number of benzene rings is 1. The lowest BCUT2D eigenvalue weighted by atomic mass is 10.1. The Morgan fingerprint density at radius 1 is 1.35 bits per heavy atom. The quantitative estimate of drug-likeness (QED) is 0.807. The Kier molecular flexibility index (Phi) is 6.38. The van der Waals surface area contributed by atoms with Gasteiger partial charge in [-0.1, -0.05) is 25.4 Å². The van der Waals surface area contributed by atoms with Crippen molar-refractivity contribution in [2.75, 3.05) is 13.2 Å². The number of halogens is 1. The van der Waals surface area contributed by atoms with Gasteiger partial charge in [0.25, 0.3) is 0 Å². The minimum Gasteiger partial charge on any atom is -0.493 e. The fourth-order valence-corrected chi connectivity index (χ4v) is 1.78. The first-order valence-corrected chi connectivity index (χ1v) is 6.62.